The fourth-order valence-electron chi connectivity index (χ4n) is 3.61. The molecule has 8 amide bonds. The molecule has 16 heteroatoms. The Labute approximate surface area is 230 Å². The third kappa shape index (κ3) is 12.0. The maximum Gasteiger partial charge on any atom is 0.253 e. The molecule has 2 aliphatic rings. The van der Waals surface area contributed by atoms with Crippen LogP contribution in [0.25, 0.3) is 0 Å². The number of imide groups is 1. The third-order valence-electron chi connectivity index (χ3n) is 6.06. The molecule has 0 aromatic heterocycles. The van der Waals surface area contributed by atoms with E-state index in [4.69, 9.17) is 10.5 Å². The fraction of sp³-hybridized carbons (Fsp3) is 0.583. The number of hydrogen-bond acceptors (Lipinski definition) is 9. The highest BCUT2D eigenvalue weighted by molar-refractivity contribution is 6.12. The van der Waals surface area contributed by atoms with Gasteiger partial charge < -0.3 is 37.1 Å². The summed E-state index contributed by atoms with van der Waals surface area (Å²) >= 11 is 0. The van der Waals surface area contributed by atoms with Crippen molar-refractivity contribution in [2.45, 2.75) is 44.6 Å². The molecule has 0 unspecified atom stereocenters. The van der Waals surface area contributed by atoms with Gasteiger partial charge in [0, 0.05) is 31.0 Å². The average molecular weight is 566 g/mol. The van der Waals surface area contributed by atoms with E-state index < -0.39 is 36.7 Å². The minimum atomic E-state index is -0.646. The van der Waals surface area contributed by atoms with Crippen molar-refractivity contribution in [3.63, 3.8) is 0 Å². The molecule has 0 radical (unpaired) electrons. The van der Waals surface area contributed by atoms with Crippen molar-refractivity contribution in [2.24, 2.45) is 11.7 Å². The molecular weight excluding hydrogens is 530 g/mol. The zero-order chi connectivity index (χ0) is 29.5. The van der Waals surface area contributed by atoms with Crippen LogP contribution in [0.1, 0.15) is 38.5 Å². The normalized spacial score (nSPS) is 17.6. The van der Waals surface area contributed by atoms with E-state index in [0.717, 1.165) is 4.90 Å². The summed E-state index contributed by atoms with van der Waals surface area (Å²) in [6.07, 6.45) is 5.13. The lowest BCUT2D eigenvalue weighted by atomic mass is 9.82. The van der Waals surface area contributed by atoms with Gasteiger partial charge in [0.25, 0.3) is 11.8 Å². The number of ether oxygens (including phenoxy) is 1. The number of rotatable bonds is 18. The first kappa shape index (κ1) is 31.9. The first-order valence-corrected chi connectivity index (χ1v) is 12.8. The molecular formula is C24H35N7O9. The van der Waals surface area contributed by atoms with Crippen LogP contribution in [-0.4, -0.2) is 97.7 Å². The molecule has 0 spiro atoms. The Morgan fingerprint density at radius 3 is 1.70 bits per heavy atom. The van der Waals surface area contributed by atoms with E-state index in [1.807, 2.05) is 0 Å². The standard InChI is InChI=1S/C24H35N7O9/c25-24(39)15-8-16(9-15)40-14-30-21(36)13-29-20(35)12-28-19(34)11-27-18(33)10-26-17(32)4-2-1-3-7-31-22(37)5-6-23(31)38/h5-6,15-16H,1-4,7-14H2,(H2,25,39)(H,26,32)(H,27,33)(H,28,34)(H,29,35)(H,30,36). The number of amides is 8. The van der Waals surface area contributed by atoms with Gasteiger partial charge in [-0.3, -0.25) is 43.3 Å². The molecule has 0 aromatic carbocycles. The lowest BCUT2D eigenvalue weighted by Crippen LogP contribution is -2.46. The van der Waals surface area contributed by atoms with Gasteiger partial charge >= 0.3 is 0 Å². The lowest BCUT2D eigenvalue weighted by molar-refractivity contribution is -0.137. The monoisotopic (exact) mass is 565 g/mol. The van der Waals surface area contributed by atoms with Crippen molar-refractivity contribution in [1.29, 1.82) is 0 Å². The number of primary amides is 1. The van der Waals surface area contributed by atoms with Gasteiger partial charge in [0.1, 0.15) is 6.73 Å². The smallest absolute Gasteiger partial charge is 0.253 e. The minimum absolute atomic E-state index is 0.0783. The lowest BCUT2D eigenvalue weighted by Gasteiger charge is -2.32. The molecule has 0 bridgehead atoms. The predicted molar refractivity (Wildman–Crippen MR) is 136 cm³/mol. The fourth-order valence-corrected chi connectivity index (χ4v) is 3.61. The number of carbonyl (C=O) groups excluding carboxylic acids is 8. The molecule has 0 aromatic rings. The number of hydrogen-bond donors (Lipinski definition) is 6. The molecule has 1 saturated carbocycles. The topological polar surface area (TPSA) is 235 Å². The molecule has 40 heavy (non-hydrogen) atoms. The van der Waals surface area contributed by atoms with Crippen molar-refractivity contribution < 1.29 is 43.1 Å². The van der Waals surface area contributed by atoms with Crippen LogP contribution in [0.3, 0.4) is 0 Å². The number of carbonyl (C=O) groups is 8. The van der Waals surface area contributed by atoms with Gasteiger partial charge in [-0.1, -0.05) is 6.42 Å². The maximum atomic E-state index is 11.8. The number of nitrogens with zero attached hydrogens (tertiary/aromatic N) is 1. The average Bonchev–Trinajstić information content (AvgIpc) is 3.21. The van der Waals surface area contributed by atoms with Gasteiger partial charge in [-0.15, -0.1) is 0 Å². The van der Waals surface area contributed by atoms with Gasteiger partial charge in [-0.2, -0.15) is 0 Å². The number of nitrogens with one attached hydrogen (secondary N) is 5. The second-order valence-corrected chi connectivity index (χ2v) is 9.18. The molecule has 1 heterocycles. The number of nitrogens with two attached hydrogens (primary N) is 1. The van der Waals surface area contributed by atoms with Crippen molar-refractivity contribution in [1.82, 2.24) is 31.5 Å². The Bertz CT molecular complexity index is 1010. The zero-order valence-electron chi connectivity index (χ0n) is 22.0. The first-order valence-electron chi connectivity index (χ1n) is 12.8. The second kappa shape index (κ2) is 16.6. The largest absolute Gasteiger partial charge is 0.369 e. The van der Waals surface area contributed by atoms with Crippen molar-refractivity contribution >= 4 is 47.3 Å². The predicted octanol–water partition coefficient (Wildman–Crippen LogP) is -3.71. The van der Waals surface area contributed by atoms with E-state index in [-0.39, 0.29) is 68.4 Å². The molecule has 220 valence electrons. The third-order valence-corrected chi connectivity index (χ3v) is 6.06. The quantitative estimate of drug-likeness (QED) is 0.0544. The van der Waals surface area contributed by atoms with Crippen molar-refractivity contribution in [3.8, 4) is 0 Å². The van der Waals surface area contributed by atoms with Crippen LogP contribution in [0.4, 0.5) is 0 Å². The zero-order valence-corrected chi connectivity index (χ0v) is 22.0. The molecule has 7 N–H and O–H groups in total. The molecule has 2 rings (SSSR count). The molecule has 0 saturated heterocycles. The Morgan fingerprint density at radius 1 is 0.725 bits per heavy atom. The SMILES string of the molecule is NC(=O)C1CC(OCNC(=O)CNC(=O)CNC(=O)CNC(=O)CNC(=O)CCCCCN2C(=O)C=CC2=O)C1. The van der Waals surface area contributed by atoms with Crippen LogP contribution in [-0.2, 0) is 43.1 Å². The van der Waals surface area contributed by atoms with E-state index in [1.165, 1.54) is 12.2 Å². The molecule has 1 aliphatic carbocycles. The van der Waals surface area contributed by atoms with Crippen molar-refractivity contribution in [2.75, 3.05) is 39.5 Å². The summed E-state index contributed by atoms with van der Waals surface area (Å²) in [7, 11) is 0. The Kier molecular flexibility index (Phi) is 13.2. The summed E-state index contributed by atoms with van der Waals surface area (Å²) in [4.78, 5) is 93.9. The van der Waals surface area contributed by atoms with Gasteiger partial charge in [-0.25, -0.2) is 0 Å². The van der Waals surface area contributed by atoms with E-state index in [9.17, 15) is 38.4 Å². The van der Waals surface area contributed by atoms with Crippen LogP contribution < -0.4 is 32.3 Å². The summed E-state index contributed by atoms with van der Waals surface area (Å²) in [6, 6.07) is 0. The molecule has 16 nitrogen and oxygen atoms in total. The Morgan fingerprint density at radius 2 is 1.20 bits per heavy atom. The minimum Gasteiger partial charge on any atom is -0.369 e. The second-order valence-electron chi connectivity index (χ2n) is 9.18. The van der Waals surface area contributed by atoms with E-state index in [1.54, 1.807) is 0 Å². The molecule has 0 atom stereocenters. The van der Waals surface area contributed by atoms with Crippen LogP contribution in [0.2, 0.25) is 0 Å². The summed E-state index contributed by atoms with van der Waals surface area (Å²) in [5.74, 6) is -4.01. The molecule has 1 aliphatic heterocycles. The summed E-state index contributed by atoms with van der Waals surface area (Å²) in [6.45, 7) is -1.29. The summed E-state index contributed by atoms with van der Waals surface area (Å²) in [5.41, 5.74) is 5.16. The highest BCUT2D eigenvalue weighted by Crippen LogP contribution is 2.29. The van der Waals surface area contributed by atoms with E-state index in [0.29, 0.717) is 32.1 Å². The van der Waals surface area contributed by atoms with Crippen LogP contribution in [0.15, 0.2) is 12.2 Å². The van der Waals surface area contributed by atoms with Crippen molar-refractivity contribution in [3.05, 3.63) is 12.2 Å². The maximum absolute atomic E-state index is 11.8. The highest BCUT2D eigenvalue weighted by Gasteiger charge is 2.33. The van der Waals surface area contributed by atoms with Crippen LogP contribution in [0.5, 0.6) is 0 Å². The molecule has 1 fully saturated rings. The first-order chi connectivity index (χ1) is 19.0. The van der Waals surface area contributed by atoms with Gasteiger partial charge in [0.15, 0.2) is 0 Å². The highest BCUT2D eigenvalue weighted by atomic mass is 16.5. The Hall–Kier alpha value is -4.34. The van der Waals surface area contributed by atoms with E-state index >= 15 is 0 Å². The summed E-state index contributed by atoms with van der Waals surface area (Å²) in [5, 5.41) is 11.8. The van der Waals surface area contributed by atoms with Gasteiger partial charge in [0.05, 0.1) is 32.3 Å². The van der Waals surface area contributed by atoms with E-state index in [2.05, 4.69) is 26.6 Å². The van der Waals surface area contributed by atoms with Crippen LogP contribution in [0, 0.1) is 5.92 Å². The Balaban J connectivity index is 1.42. The van der Waals surface area contributed by atoms with Crippen LogP contribution >= 0.6 is 0 Å². The number of unbranched alkanes of at least 4 members (excludes halogenated alkanes) is 2. The summed E-state index contributed by atoms with van der Waals surface area (Å²) < 4.78 is 5.35. The van der Waals surface area contributed by atoms with Gasteiger partial charge in [0.2, 0.25) is 35.4 Å². The van der Waals surface area contributed by atoms with Gasteiger partial charge in [-0.05, 0) is 25.7 Å².